The van der Waals surface area contributed by atoms with Gasteiger partial charge in [0, 0.05) is 11.5 Å². The Labute approximate surface area is 138 Å². The highest BCUT2D eigenvalue weighted by atomic mass is 32.2. The molecule has 0 atom stereocenters. The van der Waals surface area contributed by atoms with E-state index in [1.165, 1.54) is 12.1 Å². The number of nitrogens with zero attached hydrogens (tertiary/aromatic N) is 3. The van der Waals surface area contributed by atoms with Crippen molar-refractivity contribution in [2.45, 2.75) is 18.4 Å². The first kappa shape index (κ1) is 15.6. The molecule has 0 radical (unpaired) electrons. The molecule has 0 aliphatic carbocycles. The predicted molar refractivity (Wildman–Crippen MR) is 89.6 cm³/mol. The minimum atomic E-state index is -3.74. The van der Waals surface area contributed by atoms with Gasteiger partial charge < -0.3 is 0 Å². The van der Waals surface area contributed by atoms with Gasteiger partial charge in [-0.1, -0.05) is 48.5 Å². The van der Waals surface area contributed by atoms with Gasteiger partial charge in [-0.05, 0) is 24.6 Å². The molecule has 5 nitrogen and oxygen atoms in total. The van der Waals surface area contributed by atoms with E-state index < -0.39 is 10.0 Å². The Morgan fingerprint density at radius 3 is 2.30 bits per heavy atom. The monoisotopic (exact) mass is 345 g/mol. The molecule has 0 aliphatic rings. The molecule has 1 heterocycles. The van der Waals surface area contributed by atoms with Crippen LogP contribution in [0.2, 0.25) is 0 Å². The van der Waals surface area contributed by atoms with Gasteiger partial charge >= 0.3 is 0 Å². The molecule has 0 amide bonds. The Balaban J connectivity index is 2.04. The second-order valence-corrected chi connectivity index (χ2v) is 7.30. The van der Waals surface area contributed by atoms with E-state index in [-0.39, 0.29) is 4.90 Å². The topological polar surface area (TPSA) is 64.3 Å². The first-order chi connectivity index (χ1) is 11.1. The van der Waals surface area contributed by atoms with Crippen LogP contribution in [0, 0.1) is 6.92 Å². The molecule has 0 saturated heterocycles. The van der Waals surface area contributed by atoms with Crippen LogP contribution in [0.5, 0.6) is 0 Å². The number of aryl methyl sites for hydroxylation is 1. The molecular formula is C16H15N3O2S2. The van der Waals surface area contributed by atoms with E-state index in [1.54, 1.807) is 22.8 Å². The Morgan fingerprint density at radius 2 is 1.65 bits per heavy atom. The fourth-order valence-electron chi connectivity index (χ4n) is 2.11. The third-order valence-corrected chi connectivity index (χ3v) is 5.53. The molecule has 7 heteroatoms. The third-order valence-electron chi connectivity index (χ3n) is 3.30. The van der Waals surface area contributed by atoms with Crippen molar-refractivity contribution >= 4 is 21.6 Å². The zero-order valence-electron chi connectivity index (χ0n) is 12.5. The first-order valence-corrected chi connectivity index (χ1v) is 9.21. The van der Waals surface area contributed by atoms with E-state index in [0.29, 0.717) is 11.3 Å². The number of benzene rings is 2. The van der Waals surface area contributed by atoms with Crippen molar-refractivity contribution in [1.29, 1.82) is 0 Å². The van der Waals surface area contributed by atoms with Gasteiger partial charge in [-0.2, -0.15) is 12.8 Å². The van der Waals surface area contributed by atoms with Crippen molar-refractivity contribution in [2.24, 2.45) is 4.40 Å². The molecule has 0 bridgehead atoms. The lowest BCUT2D eigenvalue weighted by Gasteiger charge is -2.05. The normalized spacial score (nSPS) is 12.5. The predicted octanol–water partition coefficient (Wildman–Crippen LogP) is 2.59. The molecule has 2 aromatic carbocycles. The summed E-state index contributed by atoms with van der Waals surface area (Å²) in [5, 5.41) is 0. The van der Waals surface area contributed by atoms with Crippen LogP contribution in [0.25, 0.3) is 0 Å². The molecule has 3 aromatic rings. The summed E-state index contributed by atoms with van der Waals surface area (Å²) in [6.45, 7) is 2.37. The number of hydrogen-bond donors (Lipinski definition) is 0. The average Bonchev–Trinajstić information content (AvgIpc) is 2.89. The van der Waals surface area contributed by atoms with Gasteiger partial charge in [0.25, 0.3) is 10.0 Å². The Hall–Kier alpha value is -2.25. The summed E-state index contributed by atoms with van der Waals surface area (Å²) in [7, 11) is -3.74. The Morgan fingerprint density at radius 1 is 1.04 bits per heavy atom. The lowest BCUT2D eigenvalue weighted by atomic mass is 10.2. The SMILES string of the molecule is Cc1ns/c(=N\S(=O)(=O)c2ccccc2)n1Cc1ccccc1. The molecule has 3 rings (SSSR count). The zero-order valence-corrected chi connectivity index (χ0v) is 14.1. The van der Waals surface area contributed by atoms with E-state index >= 15 is 0 Å². The summed E-state index contributed by atoms with van der Waals surface area (Å²) in [5.41, 5.74) is 1.06. The van der Waals surface area contributed by atoms with Crippen LogP contribution in [0.4, 0.5) is 0 Å². The van der Waals surface area contributed by atoms with Gasteiger partial charge in [-0.3, -0.25) is 4.57 Å². The summed E-state index contributed by atoms with van der Waals surface area (Å²) in [6, 6.07) is 18.0. The van der Waals surface area contributed by atoms with Crippen molar-refractivity contribution in [3.05, 3.63) is 76.9 Å². The lowest BCUT2D eigenvalue weighted by Crippen LogP contribution is -2.19. The van der Waals surface area contributed by atoms with Crippen LogP contribution in [-0.4, -0.2) is 17.4 Å². The highest BCUT2D eigenvalue weighted by Crippen LogP contribution is 2.11. The minimum absolute atomic E-state index is 0.178. The smallest absolute Gasteiger partial charge is 0.285 e. The Bertz CT molecular complexity index is 959. The molecular weight excluding hydrogens is 330 g/mol. The minimum Gasteiger partial charge on any atom is -0.299 e. The van der Waals surface area contributed by atoms with Crippen molar-refractivity contribution in [1.82, 2.24) is 8.94 Å². The molecule has 0 saturated carbocycles. The number of rotatable bonds is 4. The fraction of sp³-hybridized carbons (Fsp3) is 0.125. The maximum Gasteiger partial charge on any atom is 0.285 e. The van der Waals surface area contributed by atoms with Crippen molar-refractivity contribution < 1.29 is 8.42 Å². The molecule has 23 heavy (non-hydrogen) atoms. The van der Waals surface area contributed by atoms with Crippen LogP contribution in [0.1, 0.15) is 11.4 Å². The first-order valence-electron chi connectivity index (χ1n) is 6.99. The van der Waals surface area contributed by atoms with Gasteiger partial charge in [0.05, 0.1) is 11.4 Å². The van der Waals surface area contributed by atoms with Gasteiger partial charge in [0.2, 0.25) is 4.80 Å². The number of aromatic nitrogens is 2. The van der Waals surface area contributed by atoms with Crippen molar-refractivity contribution in [3.63, 3.8) is 0 Å². The summed E-state index contributed by atoms with van der Waals surface area (Å²) >= 11 is 1.08. The van der Waals surface area contributed by atoms with E-state index in [9.17, 15) is 8.42 Å². The van der Waals surface area contributed by atoms with Crippen LogP contribution >= 0.6 is 11.5 Å². The maximum atomic E-state index is 12.4. The van der Waals surface area contributed by atoms with E-state index in [0.717, 1.165) is 22.9 Å². The van der Waals surface area contributed by atoms with E-state index in [4.69, 9.17) is 0 Å². The number of sulfonamides is 1. The van der Waals surface area contributed by atoms with Crippen molar-refractivity contribution in [2.75, 3.05) is 0 Å². The van der Waals surface area contributed by atoms with E-state index in [1.807, 2.05) is 37.3 Å². The molecule has 0 spiro atoms. The molecule has 0 fully saturated rings. The second kappa shape index (κ2) is 6.47. The maximum absolute atomic E-state index is 12.4. The largest absolute Gasteiger partial charge is 0.299 e. The summed E-state index contributed by atoms with van der Waals surface area (Å²) in [5.74, 6) is 0.737. The second-order valence-electron chi connectivity index (χ2n) is 4.96. The van der Waals surface area contributed by atoms with Crippen LogP contribution < -0.4 is 4.80 Å². The molecule has 1 aromatic heterocycles. The van der Waals surface area contributed by atoms with Gasteiger partial charge in [-0.25, -0.2) is 0 Å². The average molecular weight is 345 g/mol. The summed E-state index contributed by atoms with van der Waals surface area (Å²) in [4.78, 5) is 0.549. The standard InChI is InChI=1S/C16H15N3O2S2/c1-13-17-22-16(19(13)12-14-8-4-2-5-9-14)18-23(20,21)15-10-6-3-7-11-15/h2-11H,12H2,1H3/b18-16-. The van der Waals surface area contributed by atoms with Crippen LogP contribution in [-0.2, 0) is 16.6 Å². The van der Waals surface area contributed by atoms with E-state index in [2.05, 4.69) is 8.77 Å². The Kier molecular flexibility index (Phi) is 4.40. The fourth-order valence-corrected chi connectivity index (χ4v) is 4.05. The highest BCUT2D eigenvalue weighted by molar-refractivity contribution is 7.90. The van der Waals surface area contributed by atoms with Crippen LogP contribution in [0.15, 0.2) is 70.0 Å². The number of hydrogen-bond acceptors (Lipinski definition) is 4. The van der Waals surface area contributed by atoms with Gasteiger partial charge in [0.15, 0.2) is 0 Å². The third kappa shape index (κ3) is 3.57. The van der Waals surface area contributed by atoms with Gasteiger partial charge in [0.1, 0.15) is 5.82 Å². The summed E-state index contributed by atoms with van der Waals surface area (Å²) in [6.07, 6.45) is 0. The van der Waals surface area contributed by atoms with Gasteiger partial charge in [-0.15, -0.1) is 4.40 Å². The molecule has 0 unspecified atom stereocenters. The van der Waals surface area contributed by atoms with Crippen LogP contribution in [0.3, 0.4) is 0 Å². The highest BCUT2D eigenvalue weighted by Gasteiger charge is 2.13. The molecule has 0 N–H and O–H groups in total. The lowest BCUT2D eigenvalue weighted by molar-refractivity contribution is 0.595. The quantitative estimate of drug-likeness (QED) is 0.730. The molecule has 118 valence electrons. The summed E-state index contributed by atoms with van der Waals surface area (Å²) < 4.78 is 34.8. The molecule has 0 aliphatic heterocycles. The van der Waals surface area contributed by atoms with Crippen molar-refractivity contribution in [3.8, 4) is 0 Å². The zero-order chi connectivity index (χ0) is 16.3.